The predicted octanol–water partition coefficient (Wildman–Crippen LogP) is 6.51. The third kappa shape index (κ3) is 4.05. The molecule has 1 nitrogen and oxygen atoms in total. The zero-order valence-electron chi connectivity index (χ0n) is 14.2. The summed E-state index contributed by atoms with van der Waals surface area (Å²) in [7, 11) is 1.69. The normalized spacial score (nSPS) is 21.1. The second kappa shape index (κ2) is 8.14. The highest BCUT2D eigenvalue weighted by molar-refractivity contribution is 5.64. The van der Waals surface area contributed by atoms with Crippen LogP contribution < -0.4 is 4.74 Å². The second-order valence-corrected chi connectivity index (χ2v) is 6.67. The zero-order valence-corrected chi connectivity index (χ0v) is 14.2. The number of hydrogen-bond donors (Lipinski definition) is 0. The fraction of sp³-hybridized carbons (Fsp3) is 0.364. The molecule has 2 aromatic carbocycles. The number of allylic oxidation sites excluding steroid dienone is 1. The molecule has 0 spiro atoms. The average Bonchev–Trinajstić information content (AvgIpc) is 2.67. The van der Waals surface area contributed by atoms with Crippen molar-refractivity contribution < 1.29 is 9.13 Å². The first-order valence-corrected chi connectivity index (χ1v) is 8.79. The first kappa shape index (κ1) is 16.8. The summed E-state index contributed by atoms with van der Waals surface area (Å²) >= 11 is 0. The Morgan fingerprint density at radius 3 is 2.04 bits per heavy atom. The van der Waals surface area contributed by atoms with E-state index in [2.05, 4.69) is 36.4 Å². The number of hydrogen-bond acceptors (Lipinski definition) is 1. The Morgan fingerprint density at radius 1 is 0.917 bits per heavy atom. The summed E-state index contributed by atoms with van der Waals surface area (Å²) in [5.41, 5.74) is 3.89. The minimum absolute atomic E-state index is 0.653. The molecule has 0 saturated heterocycles. The predicted molar refractivity (Wildman–Crippen MR) is 98.0 cm³/mol. The van der Waals surface area contributed by atoms with E-state index in [0.29, 0.717) is 18.2 Å². The Bertz CT molecular complexity index is 649. The molecule has 3 rings (SSSR count). The van der Waals surface area contributed by atoms with Crippen LogP contribution >= 0.6 is 0 Å². The minimum Gasteiger partial charge on any atom is -0.497 e. The molecule has 0 aromatic heterocycles. The van der Waals surface area contributed by atoms with Gasteiger partial charge in [0.15, 0.2) is 0 Å². The number of methoxy groups -OCH3 is 1. The van der Waals surface area contributed by atoms with Gasteiger partial charge in [0.05, 0.1) is 13.4 Å². The van der Waals surface area contributed by atoms with Crippen LogP contribution in [0, 0.1) is 5.92 Å². The van der Waals surface area contributed by atoms with Crippen molar-refractivity contribution in [2.75, 3.05) is 7.11 Å². The van der Waals surface area contributed by atoms with Crippen LogP contribution in [0.2, 0.25) is 0 Å². The maximum atomic E-state index is 12.1. The zero-order chi connectivity index (χ0) is 16.8. The lowest BCUT2D eigenvalue weighted by molar-refractivity contribution is 0.327. The number of rotatable bonds is 5. The molecule has 0 amide bonds. The minimum atomic E-state index is 0.653. The van der Waals surface area contributed by atoms with Crippen molar-refractivity contribution in [1.82, 2.24) is 0 Å². The summed E-state index contributed by atoms with van der Waals surface area (Å²) < 4.78 is 17.3. The molecule has 0 bridgehead atoms. The molecule has 0 aliphatic heterocycles. The molecule has 2 aromatic rings. The first-order valence-electron chi connectivity index (χ1n) is 8.79. The highest BCUT2D eigenvalue weighted by Crippen LogP contribution is 2.37. The van der Waals surface area contributed by atoms with Crippen molar-refractivity contribution in [1.29, 1.82) is 0 Å². The highest BCUT2D eigenvalue weighted by atomic mass is 19.1. The van der Waals surface area contributed by atoms with E-state index in [1.54, 1.807) is 13.2 Å². The van der Waals surface area contributed by atoms with Gasteiger partial charge in [0.2, 0.25) is 0 Å². The van der Waals surface area contributed by atoms with Gasteiger partial charge in [0.1, 0.15) is 5.75 Å². The van der Waals surface area contributed by atoms with Crippen LogP contribution in [0.3, 0.4) is 0 Å². The van der Waals surface area contributed by atoms with Crippen LogP contribution in [0.4, 0.5) is 4.39 Å². The lowest BCUT2D eigenvalue weighted by Crippen LogP contribution is -2.12. The number of halogens is 1. The SMILES string of the molecule is COc1ccc(-c2ccc([C@H]3CC[C@H](C/C=C/F)CC3)cc2)cc1. The van der Waals surface area contributed by atoms with Gasteiger partial charge in [-0.15, -0.1) is 0 Å². The van der Waals surface area contributed by atoms with E-state index in [0.717, 1.165) is 12.2 Å². The van der Waals surface area contributed by atoms with Gasteiger partial charge in [-0.3, -0.25) is 0 Å². The quantitative estimate of drug-likeness (QED) is 0.609. The van der Waals surface area contributed by atoms with Gasteiger partial charge in [-0.05, 0) is 72.8 Å². The van der Waals surface area contributed by atoms with Crippen molar-refractivity contribution in [2.24, 2.45) is 5.92 Å². The van der Waals surface area contributed by atoms with E-state index >= 15 is 0 Å². The van der Waals surface area contributed by atoms with Crippen LogP contribution in [0.15, 0.2) is 60.9 Å². The lowest BCUT2D eigenvalue weighted by atomic mass is 9.77. The molecule has 1 aliphatic carbocycles. The van der Waals surface area contributed by atoms with Gasteiger partial charge in [0, 0.05) is 0 Å². The summed E-state index contributed by atoms with van der Waals surface area (Å²) in [6, 6.07) is 17.2. The highest BCUT2D eigenvalue weighted by Gasteiger charge is 2.21. The second-order valence-electron chi connectivity index (χ2n) is 6.67. The van der Waals surface area contributed by atoms with Gasteiger partial charge in [-0.2, -0.15) is 0 Å². The molecule has 2 heteroatoms. The molecule has 0 atom stereocenters. The largest absolute Gasteiger partial charge is 0.497 e. The molecule has 126 valence electrons. The summed E-state index contributed by atoms with van der Waals surface area (Å²) in [6.45, 7) is 0. The number of ether oxygens (including phenoxy) is 1. The van der Waals surface area contributed by atoms with Crippen molar-refractivity contribution in [3.05, 3.63) is 66.5 Å². The van der Waals surface area contributed by atoms with E-state index in [1.807, 2.05) is 12.1 Å². The molecule has 0 radical (unpaired) electrons. The summed E-state index contributed by atoms with van der Waals surface area (Å²) in [6.07, 6.45) is 8.07. The molecule has 24 heavy (non-hydrogen) atoms. The van der Waals surface area contributed by atoms with Gasteiger partial charge in [0.25, 0.3) is 0 Å². The molecule has 1 saturated carbocycles. The van der Waals surface area contributed by atoms with Gasteiger partial charge >= 0.3 is 0 Å². The van der Waals surface area contributed by atoms with Crippen LogP contribution in [0.1, 0.15) is 43.6 Å². The standard InChI is InChI=1S/C22H25FO/c1-24-22-14-12-21(13-15-22)20-10-8-19(9-11-20)18-6-4-17(5-7-18)3-2-16-23/h2,8-18H,3-7H2,1H3/b16-2+/t17-,18-. The van der Waals surface area contributed by atoms with E-state index in [-0.39, 0.29) is 0 Å². The smallest absolute Gasteiger partial charge is 0.118 e. The molecular formula is C22H25FO. The molecule has 0 N–H and O–H groups in total. The Balaban J connectivity index is 1.62. The summed E-state index contributed by atoms with van der Waals surface area (Å²) in [5.74, 6) is 2.20. The molecular weight excluding hydrogens is 299 g/mol. The van der Waals surface area contributed by atoms with Crippen molar-refractivity contribution in [3.8, 4) is 16.9 Å². The lowest BCUT2D eigenvalue weighted by Gasteiger charge is -2.28. The van der Waals surface area contributed by atoms with Crippen molar-refractivity contribution >= 4 is 0 Å². The Labute approximate surface area is 144 Å². The molecule has 1 fully saturated rings. The Kier molecular flexibility index (Phi) is 5.68. The van der Waals surface area contributed by atoms with Crippen LogP contribution in [-0.4, -0.2) is 7.11 Å². The summed E-state index contributed by atoms with van der Waals surface area (Å²) in [5, 5.41) is 0. The first-order chi connectivity index (χ1) is 11.8. The fourth-order valence-corrected chi connectivity index (χ4v) is 3.71. The van der Waals surface area contributed by atoms with E-state index < -0.39 is 0 Å². The van der Waals surface area contributed by atoms with Crippen molar-refractivity contribution in [3.63, 3.8) is 0 Å². The monoisotopic (exact) mass is 324 g/mol. The van der Waals surface area contributed by atoms with Gasteiger partial charge in [-0.25, -0.2) is 4.39 Å². The maximum Gasteiger partial charge on any atom is 0.118 e. The number of benzene rings is 2. The maximum absolute atomic E-state index is 12.1. The fourth-order valence-electron chi connectivity index (χ4n) is 3.71. The van der Waals surface area contributed by atoms with Gasteiger partial charge < -0.3 is 4.74 Å². The van der Waals surface area contributed by atoms with E-state index in [1.165, 1.54) is 42.4 Å². The molecule has 0 heterocycles. The topological polar surface area (TPSA) is 9.23 Å². The third-order valence-corrected chi connectivity index (χ3v) is 5.21. The van der Waals surface area contributed by atoms with E-state index in [9.17, 15) is 4.39 Å². The van der Waals surface area contributed by atoms with Gasteiger partial charge in [-0.1, -0.05) is 42.5 Å². The average molecular weight is 324 g/mol. The van der Waals surface area contributed by atoms with Crippen LogP contribution in [0.5, 0.6) is 5.75 Å². The van der Waals surface area contributed by atoms with Crippen LogP contribution in [0.25, 0.3) is 11.1 Å². The Hall–Kier alpha value is -2.09. The summed E-state index contributed by atoms with van der Waals surface area (Å²) in [4.78, 5) is 0. The van der Waals surface area contributed by atoms with Crippen LogP contribution in [-0.2, 0) is 0 Å². The Morgan fingerprint density at radius 2 is 1.50 bits per heavy atom. The molecule has 0 unspecified atom stereocenters. The van der Waals surface area contributed by atoms with Crippen molar-refractivity contribution in [2.45, 2.75) is 38.0 Å². The van der Waals surface area contributed by atoms with E-state index in [4.69, 9.17) is 4.74 Å². The molecule has 1 aliphatic rings. The third-order valence-electron chi connectivity index (χ3n) is 5.21.